The Kier molecular flexibility index (Phi) is 9.35. The van der Waals surface area contributed by atoms with Crippen molar-refractivity contribution in [1.82, 2.24) is 0 Å². The van der Waals surface area contributed by atoms with Crippen molar-refractivity contribution < 1.29 is 44.3 Å². The molecule has 10 heteroatoms. The summed E-state index contributed by atoms with van der Waals surface area (Å²) in [5.74, 6) is -13.6. The van der Waals surface area contributed by atoms with Gasteiger partial charge >= 0.3 is 24.1 Å². The van der Waals surface area contributed by atoms with E-state index < -0.39 is 29.9 Å². The van der Waals surface area contributed by atoms with E-state index in [4.69, 9.17) is 0 Å². The van der Waals surface area contributed by atoms with Crippen LogP contribution in [-0.2, 0) is 0 Å². The summed E-state index contributed by atoms with van der Waals surface area (Å²) in [7, 11) is 0. The van der Waals surface area contributed by atoms with Crippen LogP contribution in [0, 0.1) is 5.92 Å². The second kappa shape index (κ2) is 11.8. The molecule has 3 rings (SSSR count). The van der Waals surface area contributed by atoms with Gasteiger partial charge in [-0.25, -0.2) is 0 Å². The van der Waals surface area contributed by atoms with Crippen LogP contribution in [0.4, 0.5) is 39.5 Å². The zero-order valence-electron chi connectivity index (χ0n) is 20.9. The van der Waals surface area contributed by atoms with Crippen molar-refractivity contribution in [3.8, 4) is 16.9 Å². The van der Waals surface area contributed by atoms with Gasteiger partial charge in [0.25, 0.3) is 0 Å². The van der Waals surface area contributed by atoms with E-state index in [-0.39, 0.29) is 0 Å². The molecule has 0 aromatic heterocycles. The molecule has 2 aromatic carbocycles. The summed E-state index contributed by atoms with van der Waals surface area (Å²) in [4.78, 5) is 0. The van der Waals surface area contributed by atoms with Crippen LogP contribution in [0.3, 0.4) is 0 Å². The molecule has 1 aliphatic rings. The van der Waals surface area contributed by atoms with Crippen molar-refractivity contribution in [1.29, 1.82) is 0 Å². The van der Waals surface area contributed by atoms with Crippen LogP contribution in [0.2, 0.25) is 0 Å². The van der Waals surface area contributed by atoms with Crippen LogP contribution in [0.25, 0.3) is 11.1 Å². The Morgan fingerprint density at radius 2 is 1.18 bits per heavy atom. The number of halogens is 9. The number of unbranched alkanes of at least 4 members (excludes halogenated alkanes) is 3. The normalized spacial score (nSPS) is 19.4. The Hall–Kier alpha value is -2.39. The summed E-state index contributed by atoms with van der Waals surface area (Å²) in [6.45, 7) is 2.20. The Bertz CT molecular complexity index is 1010. The van der Waals surface area contributed by atoms with Gasteiger partial charge in [-0.1, -0.05) is 75.4 Å². The largest absolute Gasteiger partial charge is 0.471 e. The van der Waals surface area contributed by atoms with Gasteiger partial charge < -0.3 is 4.74 Å². The first-order valence-electron chi connectivity index (χ1n) is 12.8. The molecular formula is C28H31F9O. The van der Waals surface area contributed by atoms with Crippen LogP contribution in [0.1, 0.15) is 76.2 Å². The van der Waals surface area contributed by atoms with E-state index >= 15 is 0 Å². The summed E-state index contributed by atoms with van der Waals surface area (Å²) >= 11 is 0. The first kappa shape index (κ1) is 30.2. The lowest BCUT2D eigenvalue weighted by Gasteiger charge is -2.33. The lowest BCUT2D eigenvalue weighted by molar-refractivity contribution is -0.428. The summed E-state index contributed by atoms with van der Waals surface area (Å²) in [6.07, 6.45) is -2.07. The number of alkyl halides is 9. The van der Waals surface area contributed by atoms with Crippen molar-refractivity contribution in [3.63, 3.8) is 0 Å². The molecular weight excluding hydrogens is 523 g/mol. The fraction of sp³-hybridized carbons (Fsp3) is 0.571. The molecule has 1 nitrogen and oxygen atoms in total. The molecule has 0 N–H and O–H groups in total. The molecule has 1 saturated carbocycles. The van der Waals surface area contributed by atoms with E-state index in [1.165, 1.54) is 62.6 Å². The van der Waals surface area contributed by atoms with E-state index in [0.29, 0.717) is 17.0 Å². The lowest BCUT2D eigenvalue weighted by atomic mass is 9.77. The highest BCUT2D eigenvalue weighted by Crippen LogP contribution is 2.53. The Labute approximate surface area is 216 Å². The van der Waals surface area contributed by atoms with Gasteiger partial charge in [0.05, 0.1) is 0 Å². The molecule has 0 atom stereocenters. The maximum absolute atomic E-state index is 13.7. The first-order valence-corrected chi connectivity index (χ1v) is 12.8. The van der Waals surface area contributed by atoms with Crippen molar-refractivity contribution in [2.24, 2.45) is 5.92 Å². The van der Waals surface area contributed by atoms with Crippen molar-refractivity contribution >= 4 is 0 Å². The zero-order chi connectivity index (χ0) is 28.2. The van der Waals surface area contributed by atoms with Gasteiger partial charge in [0.15, 0.2) is 0 Å². The second-order valence-corrected chi connectivity index (χ2v) is 9.98. The summed E-state index contributed by atoms with van der Waals surface area (Å²) in [5, 5.41) is 0. The molecule has 0 unspecified atom stereocenters. The van der Waals surface area contributed by atoms with Gasteiger partial charge in [0.2, 0.25) is 0 Å². The fourth-order valence-electron chi connectivity index (χ4n) is 4.88. The zero-order valence-corrected chi connectivity index (χ0v) is 20.9. The average molecular weight is 555 g/mol. The average Bonchev–Trinajstić information content (AvgIpc) is 2.86. The van der Waals surface area contributed by atoms with Gasteiger partial charge in [-0.05, 0) is 66.3 Å². The minimum atomic E-state index is -7.00. The molecule has 0 spiro atoms. The van der Waals surface area contributed by atoms with Gasteiger partial charge in [0, 0.05) is 0 Å². The molecule has 1 fully saturated rings. The minimum Gasteiger partial charge on any atom is -0.428 e. The van der Waals surface area contributed by atoms with E-state index in [9.17, 15) is 39.5 Å². The topological polar surface area (TPSA) is 9.23 Å². The molecule has 0 aliphatic heterocycles. The van der Waals surface area contributed by atoms with Gasteiger partial charge in [-0.15, -0.1) is 0 Å². The fourth-order valence-corrected chi connectivity index (χ4v) is 4.88. The molecule has 0 bridgehead atoms. The Morgan fingerprint density at radius 1 is 0.658 bits per heavy atom. The molecule has 0 saturated heterocycles. The van der Waals surface area contributed by atoms with Gasteiger partial charge in [-0.3, -0.25) is 0 Å². The quantitative estimate of drug-likeness (QED) is 0.198. The predicted molar refractivity (Wildman–Crippen MR) is 127 cm³/mol. The summed E-state index contributed by atoms with van der Waals surface area (Å²) < 4.78 is 121. The maximum Gasteiger partial charge on any atom is 0.471 e. The Balaban J connectivity index is 1.60. The van der Waals surface area contributed by atoms with Crippen LogP contribution < -0.4 is 4.74 Å². The molecule has 0 radical (unpaired) electrons. The predicted octanol–water partition coefficient (Wildman–Crippen LogP) is 10.4. The summed E-state index contributed by atoms with van der Waals surface area (Å²) in [6, 6.07) is 11.7. The van der Waals surface area contributed by atoms with Crippen LogP contribution >= 0.6 is 0 Å². The van der Waals surface area contributed by atoms with E-state index in [1.54, 1.807) is 0 Å². The molecule has 0 heterocycles. The van der Waals surface area contributed by atoms with E-state index in [2.05, 4.69) is 11.7 Å². The number of hydrogen-bond acceptors (Lipinski definition) is 1. The molecule has 212 valence electrons. The van der Waals surface area contributed by atoms with E-state index in [1.807, 2.05) is 24.3 Å². The van der Waals surface area contributed by atoms with E-state index in [0.717, 1.165) is 30.9 Å². The molecule has 1 aliphatic carbocycles. The number of benzene rings is 2. The lowest BCUT2D eigenvalue weighted by Crippen LogP contribution is -2.62. The first-order chi connectivity index (χ1) is 17.7. The minimum absolute atomic E-state index is 0.449. The molecule has 0 amide bonds. The number of ether oxygens (including phenoxy) is 1. The smallest absolute Gasteiger partial charge is 0.428 e. The van der Waals surface area contributed by atoms with Crippen molar-refractivity contribution in [2.75, 3.05) is 0 Å². The number of hydrogen-bond donors (Lipinski definition) is 0. The highest BCUT2D eigenvalue weighted by molar-refractivity contribution is 5.64. The highest BCUT2D eigenvalue weighted by Gasteiger charge is 2.83. The van der Waals surface area contributed by atoms with Crippen molar-refractivity contribution in [3.05, 3.63) is 54.1 Å². The highest BCUT2D eigenvalue weighted by atomic mass is 19.4. The molecule has 38 heavy (non-hydrogen) atoms. The van der Waals surface area contributed by atoms with Crippen LogP contribution in [0.5, 0.6) is 5.75 Å². The van der Waals surface area contributed by atoms with Crippen LogP contribution in [0.15, 0.2) is 48.5 Å². The standard InChI is InChI=1S/C28H31F9O/c1-2-3-4-5-6-19-7-9-20(10-8-19)21-11-13-22(14-12-21)23-15-17-24(18-16-23)38-28(36,37)26(31,32)25(29,30)27(33,34)35/h11-20H,2-10H2,1H3. The third kappa shape index (κ3) is 6.60. The van der Waals surface area contributed by atoms with Crippen molar-refractivity contribution in [2.45, 2.75) is 94.8 Å². The Morgan fingerprint density at radius 3 is 1.68 bits per heavy atom. The monoisotopic (exact) mass is 554 g/mol. The van der Waals surface area contributed by atoms with Gasteiger partial charge in [0.1, 0.15) is 5.75 Å². The molecule has 2 aromatic rings. The van der Waals surface area contributed by atoms with Gasteiger partial charge in [-0.2, -0.15) is 39.5 Å². The van der Waals surface area contributed by atoms with Crippen LogP contribution in [-0.4, -0.2) is 24.1 Å². The third-order valence-corrected chi connectivity index (χ3v) is 7.24. The SMILES string of the molecule is CCCCCCC1CCC(c2ccc(-c3ccc(OC(F)(F)C(F)(F)C(F)(F)C(F)(F)F)cc3)cc2)CC1. The third-order valence-electron chi connectivity index (χ3n) is 7.24. The maximum atomic E-state index is 13.7. The number of rotatable bonds is 11. The second-order valence-electron chi connectivity index (χ2n) is 9.98. The summed E-state index contributed by atoms with van der Waals surface area (Å²) in [5.41, 5.74) is 2.37.